The molecule has 3 rings (SSSR count). The summed E-state index contributed by atoms with van der Waals surface area (Å²) in [6, 6.07) is 16.9. The number of anilines is 1. The molecule has 1 saturated carbocycles. The summed E-state index contributed by atoms with van der Waals surface area (Å²) in [5, 5.41) is 5.82. The molecule has 0 aromatic heterocycles. The van der Waals surface area contributed by atoms with Crippen molar-refractivity contribution in [3.05, 3.63) is 54.6 Å². The number of nitrogens with one attached hydrogen (secondary N) is 2. The molecular formula is C21H26N2O2. The second-order valence-corrected chi connectivity index (χ2v) is 6.61. The van der Waals surface area contributed by atoms with Gasteiger partial charge in [0.05, 0.1) is 0 Å². The van der Waals surface area contributed by atoms with E-state index in [1.807, 2.05) is 54.6 Å². The van der Waals surface area contributed by atoms with Gasteiger partial charge in [-0.05, 0) is 48.7 Å². The van der Waals surface area contributed by atoms with Gasteiger partial charge in [-0.2, -0.15) is 0 Å². The third-order valence-corrected chi connectivity index (χ3v) is 4.65. The quantitative estimate of drug-likeness (QED) is 0.723. The molecule has 2 N–H and O–H groups in total. The standard InChI is InChI=1S/C21H26N2O2/c24-21(22-16-15-17-7-3-1-4-8-17)23-18-11-13-20(14-12-18)25-19-9-5-2-6-10-19/h2,5-6,9-14,17H,1,3-4,7-8,15-16H2,(H2,22,23,24). The normalized spacial score (nSPS) is 14.7. The van der Waals surface area contributed by atoms with Gasteiger partial charge in [0.2, 0.25) is 0 Å². The van der Waals surface area contributed by atoms with Crippen molar-refractivity contribution >= 4 is 11.7 Å². The van der Waals surface area contributed by atoms with Gasteiger partial charge in [0.1, 0.15) is 11.5 Å². The van der Waals surface area contributed by atoms with Crippen LogP contribution >= 0.6 is 0 Å². The smallest absolute Gasteiger partial charge is 0.319 e. The maximum atomic E-state index is 12.0. The maximum Gasteiger partial charge on any atom is 0.319 e. The van der Waals surface area contributed by atoms with Crippen LogP contribution in [0.5, 0.6) is 11.5 Å². The van der Waals surface area contributed by atoms with Gasteiger partial charge in [-0.3, -0.25) is 0 Å². The minimum Gasteiger partial charge on any atom is -0.457 e. The number of carbonyl (C=O) groups is 1. The zero-order chi connectivity index (χ0) is 17.3. The Labute approximate surface area is 149 Å². The van der Waals surface area contributed by atoms with Gasteiger partial charge < -0.3 is 15.4 Å². The second-order valence-electron chi connectivity index (χ2n) is 6.61. The van der Waals surface area contributed by atoms with E-state index in [1.54, 1.807) is 0 Å². The molecule has 0 radical (unpaired) electrons. The van der Waals surface area contributed by atoms with E-state index in [2.05, 4.69) is 10.6 Å². The van der Waals surface area contributed by atoms with Gasteiger partial charge in [0.15, 0.2) is 0 Å². The fourth-order valence-corrected chi connectivity index (χ4v) is 3.27. The van der Waals surface area contributed by atoms with E-state index in [1.165, 1.54) is 32.1 Å². The predicted molar refractivity (Wildman–Crippen MR) is 101 cm³/mol. The highest BCUT2D eigenvalue weighted by atomic mass is 16.5. The van der Waals surface area contributed by atoms with Crippen LogP contribution in [0.1, 0.15) is 38.5 Å². The van der Waals surface area contributed by atoms with E-state index in [0.717, 1.165) is 36.1 Å². The number of hydrogen-bond donors (Lipinski definition) is 2. The third kappa shape index (κ3) is 5.82. The van der Waals surface area contributed by atoms with Crippen molar-refractivity contribution in [3.8, 4) is 11.5 Å². The SMILES string of the molecule is O=C(NCCC1CCCCC1)Nc1ccc(Oc2ccccc2)cc1. The second kappa shape index (κ2) is 9.11. The number of amides is 2. The molecule has 0 unspecified atom stereocenters. The van der Waals surface area contributed by atoms with Crippen LogP contribution in [0, 0.1) is 5.92 Å². The summed E-state index contributed by atoms with van der Waals surface area (Å²) in [7, 11) is 0. The summed E-state index contributed by atoms with van der Waals surface area (Å²) in [5.74, 6) is 2.32. The Kier molecular flexibility index (Phi) is 6.32. The summed E-state index contributed by atoms with van der Waals surface area (Å²) in [5.41, 5.74) is 0.760. The van der Waals surface area contributed by atoms with Crippen LogP contribution in [-0.4, -0.2) is 12.6 Å². The van der Waals surface area contributed by atoms with E-state index in [0.29, 0.717) is 0 Å². The van der Waals surface area contributed by atoms with E-state index in [9.17, 15) is 4.79 Å². The van der Waals surface area contributed by atoms with Gasteiger partial charge in [-0.1, -0.05) is 50.3 Å². The Morgan fingerprint density at radius 1 is 0.920 bits per heavy atom. The average molecular weight is 338 g/mol. The van der Waals surface area contributed by atoms with Crippen LogP contribution in [-0.2, 0) is 0 Å². The predicted octanol–water partition coefficient (Wildman–Crippen LogP) is 5.57. The number of hydrogen-bond acceptors (Lipinski definition) is 2. The lowest BCUT2D eigenvalue weighted by molar-refractivity contribution is 0.250. The maximum absolute atomic E-state index is 12.0. The van der Waals surface area contributed by atoms with Crippen LogP contribution in [0.15, 0.2) is 54.6 Å². The molecule has 0 heterocycles. The minimum absolute atomic E-state index is 0.146. The molecule has 2 amide bonds. The zero-order valence-electron chi connectivity index (χ0n) is 14.5. The molecular weight excluding hydrogens is 312 g/mol. The Bertz CT molecular complexity index is 649. The van der Waals surface area contributed by atoms with Crippen LogP contribution in [0.4, 0.5) is 10.5 Å². The van der Waals surface area contributed by atoms with Gasteiger partial charge in [-0.25, -0.2) is 4.79 Å². The van der Waals surface area contributed by atoms with Crippen LogP contribution < -0.4 is 15.4 Å². The van der Waals surface area contributed by atoms with Crippen molar-refractivity contribution in [2.75, 3.05) is 11.9 Å². The molecule has 0 bridgehead atoms. The first-order valence-corrected chi connectivity index (χ1v) is 9.17. The largest absolute Gasteiger partial charge is 0.457 e. The summed E-state index contributed by atoms with van der Waals surface area (Å²) < 4.78 is 5.74. The number of rotatable bonds is 6. The van der Waals surface area contributed by atoms with Gasteiger partial charge in [0, 0.05) is 12.2 Å². The summed E-state index contributed by atoms with van der Waals surface area (Å²) in [6.45, 7) is 0.742. The van der Waals surface area contributed by atoms with Gasteiger partial charge >= 0.3 is 6.03 Å². The van der Waals surface area contributed by atoms with Crippen LogP contribution in [0.3, 0.4) is 0 Å². The van der Waals surface area contributed by atoms with E-state index in [-0.39, 0.29) is 6.03 Å². The Morgan fingerprint density at radius 2 is 1.60 bits per heavy atom. The molecule has 0 atom stereocenters. The summed E-state index contributed by atoms with van der Waals surface area (Å²) >= 11 is 0. The fraction of sp³-hybridized carbons (Fsp3) is 0.381. The number of benzene rings is 2. The molecule has 0 aliphatic heterocycles. The molecule has 25 heavy (non-hydrogen) atoms. The van der Waals surface area contributed by atoms with Crippen LogP contribution in [0.2, 0.25) is 0 Å². The minimum atomic E-state index is -0.146. The van der Waals surface area contributed by atoms with Crippen molar-refractivity contribution in [3.63, 3.8) is 0 Å². The molecule has 0 spiro atoms. The number of para-hydroxylation sites is 1. The number of carbonyl (C=O) groups excluding carboxylic acids is 1. The summed E-state index contributed by atoms with van der Waals surface area (Å²) in [4.78, 5) is 12.0. The lowest BCUT2D eigenvalue weighted by Crippen LogP contribution is -2.30. The molecule has 1 aliphatic carbocycles. The zero-order valence-corrected chi connectivity index (χ0v) is 14.5. The highest BCUT2D eigenvalue weighted by molar-refractivity contribution is 5.89. The lowest BCUT2D eigenvalue weighted by atomic mass is 9.87. The fourth-order valence-electron chi connectivity index (χ4n) is 3.27. The van der Waals surface area contributed by atoms with E-state index in [4.69, 9.17) is 4.74 Å². The molecule has 2 aromatic carbocycles. The highest BCUT2D eigenvalue weighted by Gasteiger charge is 2.13. The highest BCUT2D eigenvalue weighted by Crippen LogP contribution is 2.26. The first-order valence-electron chi connectivity index (χ1n) is 9.17. The molecule has 1 aliphatic rings. The topological polar surface area (TPSA) is 50.4 Å². The number of ether oxygens (including phenoxy) is 1. The molecule has 2 aromatic rings. The number of urea groups is 1. The monoisotopic (exact) mass is 338 g/mol. The summed E-state index contributed by atoms with van der Waals surface area (Å²) in [6.07, 6.45) is 7.76. The lowest BCUT2D eigenvalue weighted by Gasteiger charge is -2.21. The average Bonchev–Trinajstić information content (AvgIpc) is 2.65. The Morgan fingerprint density at radius 3 is 2.32 bits per heavy atom. The van der Waals surface area contributed by atoms with Gasteiger partial charge in [-0.15, -0.1) is 0 Å². The van der Waals surface area contributed by atoms with Crippen molar-refractivity contribution in [1.82, 2.24) is 5.32 Å². The van der Waals surface area contributed by atoms with Crippen molar-refractivity contribution in [2.45, 2.75) is 38.5 Å². The molecule has 1 fully saturated rings. The van der Waals surface area contributed by atoms with Crippen molar-refractivity contribution in [1.29, 1.82) is 0 Å². The van der Waals surface area contributed by atoms with Crippen molar-refractivity contribution in [2.24, 2.45) is 5.92 Å². The molecule has 4 heteroatoms. The first-order chi connectivity index (χ1) is 12.3. The first kappa shape index (κ1) is 17.3. The van der Waals surface area contributed by atoms with E-state index < -0.39 is 0 Å². The van der Waals surface area contributed by atoms with Gasteiger partial charge in [0.25, 0.3) is 0 Å². The molecule has 4 nitrogen and oxygen atoms in total. The van der Waals surface area contributed by atoms with Crippen LogP contribution in [0.25, 0.3) is 0 Å². The molecule has 132 valence electrons. The van der Waals surface area contributed by atoms with Crippen molar-refractivity contribution < 1.29 is 9.53 Å². The van der Waals surface area contributed by atoms with E-state index >= 15 is 0 Å². The Balaban J connectivity index is 1.40. The Hall–Kier alpha value is -2.49. The molecule has 0 saturated heterocycles. The third-order valence-electron chi connectivity index (χ3n) is 4.65.